The summed E-state index contributed by atoms with van der Waals surface area (Å²) in [7, 11) is 3.50. The third kappa shape index (κ3) is 4.66. The van der Waals surface area contributed by atoms with Gasteiger partial charge in [0.15, 0.2) is 0 Å². The maximum atomic E-state index is 13.6. The number of nitrogens with zero attached hydrogens (tertiary/aromatic N) is 4. The van der Waals surface area contributed by atoms with E-state index in [2.05, 4.69) is 15.9 Å². The lowest BCUT2D eigenvalue weighted by atomic mass is 9.78. The fourth-order valence-electron chi connectivity index (χ4n) is 6.08. The zero-order valence-corrected chi connectivity index (χ0v) is 20.8. The van der Waals surface area contributed by atoms with Gasteiger partial charge in [0.05, 0.1) is 11.5 Å². The zero-order chi connectivity index (χ0) is 24.6. The van der Waals surface area contributed by atoms with E-state index in [4.69, 9.17) is 4.98 Å². The molecule has 3 aliphatic rings. The molecule has 2 aromatic rings. The first-order valence-electron chi connectivity index (χ1n) is 12.9. The Kier molecular flexibility index (Phi) is 6.53. The van der Waals surface area contributed by atoms with Crippen molar-refractivity contribution in [1.82, 2.24) is 14.8 Å². The van der Waals surface area contributed by atoms with Crippen molar-refractivity contribution in [3.63, 3.8) is 0 Å². The molecule has 0 radical (unpaired) electrons. The van der Waals surface area contributed by atoms with Crippen LogP contribution in [-0.4, -0.2) is 77.6 Å². The molecule has 1 atom stereocenters. The van der Waals surface area contributed by atoms with Gasteiger partial charge in [-0.05, 0) is 74.8 Å². The molecule has 1 aromatic heterocycles. The van der Waals surface area contributed by atoms with Gasteiger partial charge in [0.25, 0.3) is 5.91 Å². The number of piperidine rings is 1. The standard InChI is InChI=1S/C28H36N4O3/c1-30(2)26(34)21-6-4-20(5-7-21)22-8-13-25(29-18-22)31-16-3-14-28(19-31)15-17-32(27(28)35)23-9-11-24(33)12-10-23/h4-8,13,18,23-24,33H,3,9-12,14-17,19H2,1-2H3/t23?,24?,28-/m0/s1. The van der Waals surface area contributed by atoms with E-state index in [1.54, 1.807) is 19.0 Å². The molecule has 0 unspecified atom stereocenters. The summed E-state index contributed by atoms with van der Waals surface area (Å²) in [6.07, 6.45) is 7.98. The molecular weight excluding hydrogens is 440 g/mol. The molecule has 1 saturated carbocycles. The smallest absolute Gasteiger partial charge is 0.253 e. The number of hydrogen-bond donors (Lipinski definition) is 1. The van der Waals surface area contributed by atoms with Crippen LogP contribution in [0.2, 0.25) is 0 Å². The number of likely N-dealkylation sites (tertiary alicyclic amines) is 1. The molecule has 2 amide bonds. The summed E-state index contributed by atoms with van der Waals surface area (Å²) >= 11 is 0. The Labute approximate surface area is 207 Å². The van der Waals surface area contributed by atoms with Crippen LogP contribution in [0.25, 0.3) is 11.1 Å². The highest BCUT2D eigenvalue weighted by Crippen LogP contribution is 2.43. The van der Waals surface area contributed by atoms with Crippen molar-refractivity contribution in [3.05, 3.63) is 48.2 Å². The molecule has 1 aromatic carbocycles. The van der Waals surface area contributed by atoms with Crippen molar-refractivity contribution in [2.24, 2.45) is 5.41 Å². The summed E-state index contributed by atoms with van der Waals surface area (Å²) in [5, 5.41) is 9.85. The van der Waals surface area contributed by atoms with Gasteiger partial charge in [0.2, 0.25) is 5.91 Å². The number of amides is 2. The Morgan fingerprint density at radius 3 is 2.37 bits per heavy atom. The molecule has 7 nitrogen and oxygen atoms in total. The number of aliphatic hydroxyl groups is 1. The SMILES string of the molecule is CN(C)C(=O)c1ccc(-c2ccc(N3CCC[C@]4(CCN(C5CCC(O)CC5)C4=O)C3)nc2)cc1. The highest BCUT2D eigenvalue weighted by molar-refractivity contribution is 5.94. The Bertz CT molecular complexity index is 1060. The number of carbonyl (C=O) groups is 2. The Hall–Kier alpha value is -2.93. The quantitative estimate of drug-likeness (QED) is 0.730. The first-order valence-corrected chi connectivity index (χ1v) is 12.9. The Balaban J connectivity index is 1.26. The van der Waals surface area contributed by atoms with Crippen LogP contribution in [0.1, 0.15) is 55.3 Å². The number of aromatic nitrogens is 1. The summed E-state index contributed by atoms with van der Waals surface area (Å²) in [5.41, 5.74) is 2.39. The van der Waals surface area contributed by atoms with Gasteiger partial charge in [-0.1, -0.05) is 12.1 Å². The second-order valence-electron chi connectivity index (χ2n) is 10.7. The van der Waals surface area contributed by atoms with Crippen molar-refractivity contribution >= 4 is 17.6 Å². The van der Waals surface area contributed by atoms with Crippen molar-refractivity contribution in [2.75, 3.05) is 38.6 Å². The first kappa shape index (κ1) is 23.8. The van der Waals surface area contributed by atoms with Crippen LogP contribution in [-0.2, 0) is 4.79 Å². The summed E-state index contributed by atoms with van der Waals surface area (Å²) in [5.74, 6) is 1.22. The van der Waals surface area contributed by atoms with Crippen LogP contribution < -0.4 is 4.90 Å². The summed E-state index contributed by atoms with van der Waals surface area (Å²) in [6, 6.07) is 12.0. The van der Waals surface area contributed by atoms with E-state index in [9.17, 15) is 14.7 Å². The monoisotopic (exact) mass is 476 g/mol. The topological polar surface area (TPSA) is 77.0 Å². The van der Waals surface area contributed by atoms with E-state index in [0.29, 0.717) is 11.5 Å². The average Bonchev–Trinajstić information content (AvgIpc) is 3.19. The zero-order valence-electron chi connectivity index (χ0n) is 20.8. The molecule has 0 bridgehead atoms. The molecule has 3 fully saturated rings. The summed E-state index contributed by atoms with van der Waals surface area (Å²) in [4.78, 5) is 36.5. The van der Waals surface area contributed by atoms with E-state index in [0.717, 1.165) is 81.5 Å². The van der Waals surface area contributed by atoms with Gasteiger partial charge in [-0.3, -0.25) is 9.59 Å². The Morgan fingerprint density at radius 1 is 1.00 bits per heavy atom. The highest BCUT2D eigenvalue weighted by Gasteiger charge is 2.50. The van der Waals surface area contributed by atoms with Gasteiger partial charge in [0.1, 0.15) is 5.82 Å². The highest BCUT2D eigenvalue weighted by atomic mass is 16.3. The van der Waals surface area contributed by atoms with Gasteiger partial charge in [-0.15, -0.1) is 0 Å². The van der Waals surface area contributed by atoms with E-state index in [1.165, 1.54) is 0 Å². The summed E-state index contributed by atoms with van der Waals surface area (Å²) in [6.45, 7) is 2.48. The van der Waals surface area contributed by atoms with Gasteiger partial charge in [-0.2, -0.15) is 0 Å². The molecule has 5 rings (SSSR count). The predicted molar refractivity (Wildman–Crippen MR) is 136 cm³/mol. The fraction of sp³-hybridized carbons (Fsp3) is 0.536. The van der Waals surface area contributed by atoms with Crippen molar-refractivity contribution in [3.8, 4) is 11.1 Å². The largest absolute Gasteiger partial charge is 0.393 e. The first-order chi connectivity index (χ1) is 16.9. The van der Waals surface area contributed by atoms with Crippen molar-refractivity contribution in [1.29, 1.82) is 0 Å². The van der Waals surface area contributed by atoms with Crippen LogP contribution in [0.3, 0.4) is 0 Å². The minimum Gasteiger partial charge on any atom is -0.393 e. The Morgan fingerprint density at radius 2 is 1.71 bits per heavy atom. The molecule has 7 heteroatoms. The van der Waals surface area contributed by atoms with Gasteiger partial charge >= 0.3 is 0 Å². The third-order valence-electron chi connectivity index (χ3n) is 8.17. The lowest BCUT2D eigenvalue weighted by Crippen LogP contribution is -2.50. The van der Waals surface area contributed by atoms with Crippen molar-refractivity contribution < 1.29 is 14.7 Å². The summed E-state index contributed by atoms with van der Waals surface area (Å²) < 4.78 is 0. The van der Waals surface area contributed by atoms with Gasteiger partial charge in [0, 0.05) is 57.1 Å². The minimum absolute atomic E-state index is 0.00912. The lowest BCUT2D eigenvalue weighted by Gasteiger charge is -2.41. The number of rotatable bonds is 4. The number of aliphatic hydroxyl groups excluding tert-OH is 1. The fourth-order valence-corrected chi connectivity index (χ4v) is 6.08. The average molecular weight is 477 g/mol. The number of anilines is 1. The number of hydrogen-bond acceptors (Lipinski definition) is 5. The van der Waals surface area contributed by atoms with E-state index in [-0.39, 0.29) is 23.5 Å². The molecule has 1 aliphatic carbocycles. The van der Waals surface area contributed by atoms with Crippen molar-refractivity contribution in [2.45, 2.75) is 57.1 Å². The molecule has 186 valence electrons. The van der Waals surface area contributed by atoms with E-state index in [1.807, 2.05) is 36.5 Å². The molecule has 1 N–H and O–H groups in total. The van der Waals surface area contributed by atoms with Gasteiger partial charge in [-0.25, -0.2) is 4.98 Å². The number of benzene rings is 1. The molecule has 1 spiro atoms. The minimum atomic E-state index is -0.302. The van der Waals surface area contributed by atoms with Gasteiger partial charge < -0.3 is 19.8 Å². The molecule has 2 saturated heterocycles. The van der Waals surface area contributed by atoms with Crippen LogP contribution in [0.15, 0.2) is 42.6 Å². The lowest BCUT2D eigenvalue weighted by molar-refractivity contribution is -0.139. The maximum absolute atomic E-state index is 13.6. The third-order valence-corrected chi connectivity index (χ3v) is 8.17. The molecular formula is C28H36N4O3. The molecule has 3 heterocycles. The van der Waals surface area contributed by atoms with Crippen LogP contribution in [0.5, 0.6) is 0 Å². The molecule has 2 aliphatic heterocycles. The van der Waals surface area contributed by atoms with E-state index < -0.39 is 0 Å². The number of pyridine rings is 1. The maximum Gasteiger partial charge on any atom is 0.253 e. The molecule has 35 heavy (non-hydrogen) atoms. The van der Waals surface area contributed by atoms with Crippen LogP contribution >= 0.6 is 0 Å². The van der Waals surface area contributed by atoms with Crippen LogP contribution in [0, 0.1) is 5.41 Å². The number of carbonyl (C=O) groups excluding carboxylic acids is 2. The predicted octanol–water partition coefficient (Wildman–Crippen LogP) is 3.57. The second-order valence-corrected chi connectivity index (χ2v) is 10.7. The normalized spacial score (nSPS) is 26.9. The van der Waals surface area contributed by atoms with E-state index >= 15 is 0 Å². The second kappa shape index (κ2) is 9.61. The van der Waals surface area contributed by atoms with Crippen LogP contribution in [0.4, 0.5) is 5.82 Å².